The molecule has 2 aromatic rings. The maximum Gasteiger partial charge on any atom is 0.309 e. The van der Waals surface area contributed by atoms with Gasteiger partial charge in [-0.25, -0.2) is 0 Å². The number of esters is 1. The Morgan fingerprint density at radius 2 is 1.59 bits per heavy atom. The van der Waals surface area contributed by atoms with Crippen molar-refractivity contribution in [1.82, 2.24) is 0 Å². The first-order valence-corrected chi connectivity index (χ1v) is 7.98. The Bertz CT molecular complexity index is 794. The Hall–Kier alpha value is -2.47. The van der Waals surface area contributed by atoms with Gasteiger partial charge in [-0.2, -0.15) is 8.42 Å². The van der Waals surface area contributed by atoms with E-state index >= 15 is 0 Å². The zero-order valence-electron chi connectivity index (χ0n) is 12.2. The second-order valence-corrected chi connectivity index (χ2v) is 6.25. The number of aryl methyl sites for hydroxylation is 1. The number of ether oxygens (including phenoxy) is 1. The minimum atomic E-state index is -3.96. The molecule has 6 heteroatoms. The highest BCUT2D eigenvalue weighted by Crippen LogP contribution is 2.15. The van der Waals surface area contributed by atoms with E-state index in [-0.39, 0.29) is 10.8 Å². The molecule has 0 unspecified atom stereocenters. The van der Waals surface area contributed by atoms with E-state index in [1.54, 1.807) is 42.5 Å². The highest BCUT2D eigenvalue weighted by Gasteiger charge is 2.17. The standard InChI is InChI=1S/C16H15NO4S/c1-12-8-10-15(11-9-12)22(19,20)17-16(21-13(2)18)14-6-4-3-5-7-14/h3-11H,1-2H3. The maximum atomic E-state index is 12.3. The van der Waals surface area contributed by atoms with Crippen molar-refractivity contribution in [3.63, 3.8) is 0 Å². The first-order chi connectivity index (χ1) is 10.4. The number of nitrogens with zero attached hydrogens (tertiary/aromatic N) is 1. The van der Waals surface area contributed by atoms with E-state index in [2.05, 4.69) is 4.40 Å². The van der Waals surface area contributed by atoms with Crippen LogP contribution in [0.4, 0.5) is 0 Å². The highest BCUT2D eigenvalue weighted by molar-refractivity contribution is 7.90. The third-order valence-corrected chi connectivity index (χ3v) is 4.06. The van der Waals surface area contributed by atoms with Crippen molar-refractivity contribution in [3.05, 3.63) is 65.7 Å². The van der Waals surface area contributed by atoms with E-state index in [1.807, 2.05) is 6.92 Å². The Labute approximate surface area is 129 Å². The van der Waals surface area contributed by atoms with E-state index in [9.17, 15) is 13.2 Å². The van der Waals surface area contributed by atoms with Crippen LogP contribution in [0.5, 0.6) is 0 Å². The number of hydrogen-bond acceptors (Lipinski definition) is 4. The van der Waals surface area contributed by atoms with Gasteiger partial charge in [0.1, 0.15) is 0 Å². The van der Waals surface area contributed by atoms with Crippen molar-refractivity contribution in [1.29, 1.82) is 0 Å². The summed E-state index contributed by atoms with van der Waals surface area (Å²) in [5, 5.41) is 0. The van der Waals surface area contributed by atoms with Crippen molar-refractivity contribution < 1.29 is 17.9 Å². The number of benzene rings is 2. The van der Waals surface area contributed by atoms with Crippen LogP contribution in [0.3, 0.4) is 0 Å². The molecule has 0 atom stereocenters. The zero-order valence-corrected chi connectivity index (χ0v) is 13.0. The summed E-state index contributed by atoms with van der Waals surface area (Å²) in [7, 11) is -3.96. The summed E-state index contributed by atoms with van der Waals surface area (Å²) in [4.78, 5) is 11.2. The van der Waals surface area contributed by atoms with E-state index in [0.29, 0.717) is 5.56 Å². The summed E-state index contributed by atoms with van der Waals surface area (Å²) in [5.41, 5.74) is 1.35. The van der Waals surface area contributed by atoms with Crippen LogP contribution >= 0.6 is 0 Å². The van der Waals surface area contributed by atoms with E-state index < -0.39 is 16.0 Å². The number of carbonyl (C=O) groups is 1. The molecule has 5 nitrogen and oxygen atoms in total. The summed E-state index contributed by atoms with van der Waals surface area (Å²) in [6.45, 7) is 3.05. The van der Waals surface area contributed by atoms with Crippen LogP contribution in [0.25, 0.3) is 0 Å². The fraction of sp³-hybridized carbons (Fsp3) is 0.125. The molecule has 0 amide bonds. The third-order valence-electron chi connectivity index (χ3n) is 2.78. The van der Waals surface area contributed by atoms with Gasteiger partial charge in [-0.1, -0.05) is 35.9 Å². The fourth-order valence-electron chi connectivity index (χ4n) is 1.72. The zero-order chi connectivity index (χ0) is 16.2. The molecule has 2 aromatic carbocycles. The number of hydrogen-bond donors (Lipinski definition) is 0. The normalized spacial score (nSPS) is 12.0. The van der Waals surface area contributed by atoms with Crippen LogP contribution in [-0.2, 0) is 19.6 Å². The summed E-state index contributed by atoms with van der Waals surface area (Å²) in [6.07, 6.45) is 0. The van der Waals surface area contributed by atoms with Crippen LogP contribution < -0.4 is 0 Å². The summed E-state index contributed by atoms with van der Waals surface area (Å²) in [6, 6.07) is 14.7. The van der Waals surface area contributed by atoms with E-state index in [4.69, 9.17) is 4.74 Å². The monoisotopic (exact) mass is 317 g/mol. The first kappa shape index (κ1) is 15.9. The lowest BCUT2D eigenvalue weighted by atomic mass is 10.2. The van der Waals surface area contributed by atoms with Crippen molar-refractivity contribution in [2.24, 2.45) is 4.40 Å². The van der Waals surface area contributed by atoms with E-state index in [0.717, 1.165) is 5.56 Å². The lowest BCUT2D eigenvalue weighted by Gasteiger charge is -2.06. The summed E-state index contributed by atoms with van der Waals surface area (Å²) in [5.74, 6) is -0.879. The van der Waals surface area contributed by atoms with Gasteiger partial charge in [0.25, 0.3) is 10.0 Å². The van der Waals surface area contributed by atoms with Crippen LogP contribution in [0, 0.1) is 6.92 Å². The third kappa shape index (κ3) is 4.02. The van der Waals surface area contributed by atoms with Crippen LogP contribution in [0.15, 0.2) is 63.9 Å². The van der Waals surface area contributed by atoms with Crippen molar-refractivity contribution in [2.75, 3.05) is 0 Å². The molecule has 0 N–H and O–H groups in total. The largest absolute Gasteiger partial charge is 0.406 e. The van der Waals surface area contributed by atoms with Gasteiger partial charge in [-0.3, -0.25) is 4.79 Å². The number of carbonyl (C=O) groups excluding carboxylic acids is 1. The molecular weight excluding hydrogens is 302 g/mol. The lowest BCUT2D eigenvalue weighted by molar-refractivity contribution is -0.132. The quantitative estimate of drug-likeness (QED) is 0.495. The molecule has 0 aliphatic rings. The molecule has 0 bridgehead atoms. The Morgan fingerprint density at radius 1 is 1.00 bits per heavy atom. The van der Waals surface area contributed by atoms with Gasteiger partial charge < -0.3 is 4.74 Å². The van der Waals surface area contributed by atoms with Gasteiger partial charge in [0.15, 0.2) is 0 Å². The SMILES string of the molecule is CC(=O)OC(=NS(=O)(=O)c1ccc(C)cc1)c1ccccc1. The van der Waals surface area contributed by atoms with Crippen molar-refractivity contribution in [2.45, 2.75) is 18.7 Å². The maximum absolute atomic E-state index is 12.3. The average molecular weight is 317 g/mol. The minimum Gasteiger partial charge on any atom is -0.406 e. The van der Waals surface area contributed by atoms with Gasteiger partial charge >= 0.3 is 5.97 Å². The van der Waals surface area contributed by atoms with Gasteiger partial charge in [-0.15, -0.1) is 4.40 Å². The molecule has 0 saturated carbocycles. The predicted octanol–water partition coefficient (Wildman–Crippen LogP) is 2.69. The lowest BCUT2D eigenvalue weighted by Crippen LogP contribution is -2.13. The van der Waals surface area contributed by atoms with Gasteiger partial charge in [-0.05, 0) is 31.2 Å². The van der Waals surface area contributed by atoms with Gasteiger partial charge in [0.2, 0.25) is 5.90 Å². The molecule has 114 valence electrons. The van der Waals surface area contributed by atoms with Gasteiger partial charge in [0.05, 0.1) is 4.90 Å². The molecule has 0 aliphatic heterocycles. The molecule has 0 spiro atoms. The molecule has 0 aliphatic carbocycles. The molecule has 0 saturated heterocycles. The Balaban J connectivity index is 2.48. The smallest absolute Gasteiger partial charge is 0.309 e. The van der Waals surface area contributed by atoms with E-state index in [1.165, 1.54) is 19.1 Å². The molecule has 0 radical (unpaired) electrons. The molecule has 22 heavy (non-hydrogen) atoms. The summed E-state index contributed by atoms with van der Waals surface area (Å²) >= 11 is 0. The molecule has 0 aromatic heterocycles. The topological polar surface area (TPSA) is 72.8 Å². The minimum absolute atomic E-state index is 0.0404. The Morgan fingerprint density at radius 3 is 2.14 bits per heavy atom. The highest BCUT2D eigenvalue weighted by atomic mass is 32.2. The van der Waals surface area contributed by atoms with Gasteiger partial charge in [0, 0.05) is 12.5 Å². The molecule has 0 heterocycles. The van der Waals surface area contributed by atoms with Crippen LogP contribution in [0.2, 0.25) is 0 Å². The second-order valence-electron chi connectivity index (χ2n) is 4.64. The van der Waals surface area contributed by atoms with Crippen molar-refractivity contribution >= 4 is 21.9 Å². The number of rotatable bonds is 3. The first-order valence-electron chi connectivity index (χ1n) is 6.54. The molecule has 0 fully saturated rings. The Kier molecular flexibility index (Phi) is 4.72. The molecule has 2 rings (SSSR count). The average Bonchev–Trinajstić information content (AvgIpc) is 2.47. The number of sulfonamides is 1. The second kappa shape index (κ2) is 6.53. The molecular formula is C16H15NO4S. The predicted molar refractivity (Wildman–Crippen MR) is 83.1 cm³/mol. The fourth-order valence-corrected chi connectivity index (χ4v) is 2.67. The van der Waals surface area contributed by atoms with Crippen molar-refractivity contribution in [3.8, 4) is 0 Å². The van der Waals surface area contributed by atoms with Crippen LogP contribution in [0.1, 0.15) is 18.1 Å². The summed E-state index contributed by atoms with van der Waals surface area (Å²) < 4.78 is 33.3. The van der Waals surface area contributed by atoms with Crippen LogP contribution in [-0.4, -0.2) is 20.3 Å².